The number of carbonyl (C=O) groups excluding carboxylic acids is 1. The first-order chi connectivity index (χ1) is 14.3. The van der Waals surface area contributed by atoms with Crippen molar-refractivity contribution in [1.29, 1.82) is 0 Å². The van der Waals surface area contributed by atoms with E-state index in [-0.39, 0.29) is 15.5 Å². The predicted molar refractivity (Wildman–Crippen MR) is 118 cm³/mol. The van der Waals surface area contributed by atoms with E-state index in [9.17, 15) is 13.2 Å². The number of nitrogens with one attached hydrogen (secondary N) is 1. The molecule has 0 spiro atoms. The summed E-state index contributed by atoms with van der Waals surface area (Å²) in [6.07, 6.45) is 1.70. The number of benzene rings is 2. The highest BCUT2D eigenvalue weighted by molar-refractivity contribution is 7.89. The summed E-state index contributed by atoms with van der Waals surface area (Å²) in [5.41, 5.74) is 2.53. The molecule has 9 heteroatoms. The normalized spacial score (nSPS) is 11.6. The Kier molecular flexibility index (Phi) is 6.60. The Morgan fingerprint density at radius 1 is 1.13 bits per heavy atom. The first kappa shape index (κ1) is 22.0. The van der Waals surface area contributed by atoms with Gasteiger partial charge < -0.3 is 5.32 Å². The van der Waals surface area contributed by atoms with Crippen molar-refractivity contribution >= 4 is 33.2 Å². The van der Waals surface area contributed by atoms with Gasteiger partial charge in [-0.05, 0) is 49.4 Å². The Labute approximate surface area is 181 Å². The second-order valence-corrected chi connectivity index (χ2v) is 8.94. The van der Waals surface area contributed by atoms with Gasteiger partial charge in [-0.2, -0.15) is 9.40 Å². The van der Waals surface area contributed by atoms with Crippen LogP contribution in [0.1, 0.15) is 29.9 Å². The molecule has 1 heterocycles. The molecule has 3 aromatic rings. The molecule has 30 heavy (non-hydrogen) atoms. The van der Waals surface area contributed by atoms with Crippen LogP contribution in [0, 0.1) is 6.92 Å². The van der Waals surface area contributed by atoms with Crippen LogP contribution in [0.2, 0.25) is 5.02 Å². The lowest BCUT2D eigenvalue weighted by Crippen LogP contribution is -2.31. The molecule has 3 rings (SSSR count). The highest BCUT2D eigenvalue weighted by Crippen LogP contribution is 2.26. The number of hydrogen-bond donors (Lipinski definition) is 1. The van der Waals surface area contributed by atoms with Gasteiger partial charge in [0.25, 0.3) is 5.91 Å². The lowest BCUT2D eigenvalue weighted by Gasteiger charge is -2.19. The second kappa shape index (κ2) is 8.99. The van der Waals surface area contributed by atoms with Crippen molar-refractivity contribution in [3.05, 3.63) is 71.0 Å². The first-order valence-corrected chi connectivity index (χ1v) is 11.3. The van der Waals surface area contributed by atoms with Gasteiger partial charge in [-0.15, -0.1) is 0 Å². The summed E-state index contributed by atoms with van der Waals surface area (Å²) in [6, 6.07) is 13.4. The number of nitrogens with zero attached hydrogens (tertiary/aromatic N) is 3. The summed E-state index contributed by atoms with van der Waals surface area (Å²) in [5, 5.41) is 7.15. The van der Waals surface area contributed by atoms with Gasteiger partial charge in [0.2, 0.25) is 10.0 Å². The fourth-order valence-corrected chi connectivity index (χ4v) is 5.06. The molecule has 158 valence electrons. The molecule has 0 unspecified atom stereocenters. The van der Waals surface area contributed by atoms with Crippen LogP contribution >= 0.6 is 11.6 Å². The Morgan fingerprint density at radius 3 is 2.50 bits per heavy atom. The van der Waals surface area contributed by atoms with Gasteiger partial charge in [0, 0.05) is 36.2 Å². The SMILES string of the molecule is CCN(CC)S(=O)(=O)c1cc(C(=O)Nc2cccc(-n3nccc3C)c2)ccc1Cl. The maximum atomic E-state index is 12.9. The molecular weight excluding hydrogens is 424 g/mol. The zero-order valence-electron chi connectivity index (χ0n) is 17.0. The minimum atomic E-state index is -3.79. The molecule has 1 amide bonds. The molecule has 0 saturated carbocycles. The minimum absolute atomic E-state index is 0.0783. The molecule has 0 atom stereocenters. The quantitative estimate of drug-likeness (QED) is 0.591. The van der Waals surface area contributed by atoms with Crippen molar-refractivity contribution < 1.29 is 13.2 Å². The molecule has 0 saturated heterocycles. The van der Waals surface area contributed by atoms with Crippen LogP contribution in [0.15, 0.2) is 59.6 Å². The van der Waals surface area contributed by atoms with Gasteiger partial charge in [-0.25, -0.2) is 13.1 Å². The number of hydrogen-bond acceptors (Lipinski definition) is 4. The largest absolute Gasteiger partial charge is 0.322 e. The van der Waals surface area contributed by atoms with Crippen molar-refractivity contribution in [1.82, 2.24) is 14.1 Å². The number of aryl methyl sites for hydroxylation is 1. The maximum absolute atomic E-state index is 12.9. The van der Waals surface area contributed by atoms with Gasteiger partial charge in [-0.1, -0.05) is 31.5 Å². The summed E-state index contributed by atoms with van der Waals surface area (Å²) >= 11 is 6.15. The summed E-state index contributed by atoms with van der Waals surface area (Å²) in [7, 11) is -3.79. The number of halogens is 1. The Morgan fingerprint density at radius 2 is 1.87 bits per heavy atom. The third-order valence-electron chi connectivity index (χ3n) is 4.70. The van der Waals surface area contributed by atoms with Crippen molar-refractivity contribution in [3.63, 3.8) is 0 Å². The van der Waals surface area contributed by atoms with Gasteiger partial charge >= 0.3 is 0 Å². The molecule has 0 aliphatic heterocycles. The maximum Gasteiger partial charge on any atom is 0.255 e. The Bertz CT molecular complexity index is 1170. The average Bonchev–Trinajstić information content (AvgIpc) is 3.15. The first-order valence-electron chi connectivity index (χ1n) is 9.50. The predicted octanol–water partition coefficient (Wildman–Crippen LogP) is 4.12. The standard InChI is InChI=1S/C21H23ClN4O3S/c1-4-25(5-2)30(28,29)20-13-16(9-10-19(20)22)21(27)24-17-7-6-8-18(14-17)26-15(3)11-12-23-26/h6-14H,4-5H2,1-3H3,(H,24,27). The topological polar surface area (TPSA) is 84.3 Å². The number of rotatable bonds is 7. The monoisotopic (exact) mass is 446 g/mol. The number of aromatic nitrogens is 2. The van der Waals surface area contributed by atoms with Gasteiger partial charge in [-0.3, -0.25) is 4.79 Å². The van der Waals surface area contributed by atoms with Crippen LogP contribution in [0.25, 0.3) is 5.69 Å². The van der Waals surface area contributed by atoms with Gasteiger partial charge in [0.1, 0.15) is 4.90 Å². The summed E-state index contributed by atoms with van der Waals surface area (Å²) in [4.78, 5) is 12.7. The van der Waals surface area contributed by atoms with Crippen LogP contribution in [0.4, 0.5) is 5.69 Å². The minimum Gasteiger partial charge on any atom is -0.322 e. The number of carbonyl (C=O) groups is 1. The molecule has 0 aliphatic rings. The number of anilines is 1. The van der Waals surface area contributed by atoms with Crippen LogP contribution in [-0.2, 0) is 10.0 Å². The number of sulfonamides is 1. The molecule has 0 aliphatic carbocycles. The third kappa shape index (κ3) is 4.40. The lowest BCUT2D eigenvalue weighted by molar-refractivity contribution is 0.102. The zero-order valence-corrected chi connectivity index (χ0v) is 18.5. The highest BCUT2D eigenvalue weighted by atomic mass is 35.5. The smallest absolute Gasteiger partial charge is 0.255 e. The lowest BCUT2D eigenvalue weighted by atomic mass is 10.2. The van der Waals surface area contributed by atoms with Crippen LogP contribution < -0.4 is 5.32 Å². The molecule has 0 fully saturated rings. The second-order valence-electron chi connectivity index (χ2n) is 6.62. The molecular formula is C21H23ClN4O3S. The van der Waals surface area contributed by atoms with Crippen molar-refractivity contribution in [2.24, 2.45) is 0 Å². The fourth-order valence-electron chi connectivity index (χ4n) is 3.10. The Hall–Kier alpha value is -2.68. The molecule has 1 aromatic heterocycles. The average molecular weight is 447 g/mol. The van der Waals surface area contributed by atoms with Crippen LogP contribution in [0.5, 0.6) is 0 Å². The van der Waals surface area contributed by atoms with E-state index in [0.717, 1.165) is 11.4 Å². The van der Waals surface area contributed by atoms with E-state index in [4.69, 9.17) is 11.6 Å². The van der Waals surface area contributed by atoms with Crippen molar-refractivity contribution in [2.75, 3.05) is 18.4 Å². The van der Waals surface area contributed by atoms with E-state index in [1.54, 1.807) is 36.9 Å². The fraction of sp³-hybridized carbons (Fsp3) is 0.238. The van der Waals surface area contributed by atoms with Crippen LogP contribution in [-0.4, -0.2) is 41.5 Å². The van der Waals surface area contributed by atoms with Gasteiger partial charge in [0.05, 0.1) is 10.7 Å². The number of amides is 1. The van der Waals surface area contributed by atoms with E-state index in [0.29, 0.717) is 18.8 Å². The summed E-state index contributed by atoms with van der Waals surface area (Å²) in [5.74, 6) is -0.433. The van der Waals surface area contributed by atoms with E-state index >= 15 is 0 Å². The van der Waals surface area contributed by atoms with E-state index in [1.165, 1.54) is 22.5 Å². The Balaban J connectivity index is 1.89. The van der Waals surface area contributed by atoms with Crippen molar-refractivity contribution in [3.8, 4) is 5.69 Å². The van der Waals surface area contributed by atoms with Crippen LogP contribution in [0.3, 0.4) is 0 Å². The molecule has 1 N–H and O–H groups in total. The zero-order chi connectivity index (χ0) is 21.9. The molecule has 0 bridgehead atoms. The van der Waals surface area contributed by atoms with Gasteiger partial charge in [0.15, 0.2) is 0 Å². The third-order valence-corrected chi connectivity index (χ3v) is 7.23. The molecule has 7 nitrogen and oxygen atoms in total. The molecule has 0 radical (unpaired) electrons. The van der Waals surface area contributed by atoms with E-state index in [2.05, 4.69) is 10.4 Å². The highest BCUT2D eigenvalue weighted by Gasteiger charge is 2.25. The van der Waals surface area contributed by atoms with Crippen molar-refractivity contribution in [2.45, 2.75) is 25.7 Å². The molecule has 2 aromatic carbocycles. The summed E-state index contributed by atoms with van der Waals surface area (Å²) < 4.78 is 28.8. The van der Waals surface area contributed by atoms with E-state index < -0.39 is 15.9 Å². The van der Waals surface area contributed by atoms with E-state index in [1.807, 2.05) is 25.1 Å². The summed E-state index contributed by atoms with van der Waals surface area (Å²) in [6.45, 7) is 6.06.